The zero-order valence-corrected chi connectivity index (χ0v) is 14.8. The van der Waals surface area contributed by atoms with Gasteiger partial charge in [-0.2, -0.15) is 0 Å². The number of carbonyl (C=O) groups excluding carboxylic acids is 1. The fourth-order valence-corrected chi connectivity index (χ4v) is 3.45. The zero-order chi connectivity index (χ0) is 17.6. The minimum absolute atomic E-state index is 0.154. The van der Waals surface area contributed by atoms with Gasteiger partial charge in [0.05, 0.1) is 11.3 Å². The normalized spacial score (nSPS) is 10.6. The van der Waals surface area contributed by atoms with Crippen molar-refractivity contribution in [2.24, 2.45) is 0 Å². The van der Waals surface area contributed by atoms with Crippen molar-refractivity contribution < 1.29 is 9.32 Å². The smallest absolute Gasteiger partial charge is 0.254 e. The molecule has 128 valence electrons. The molecule has 3 aromatic heterocycles. The Labute approximate surface area is 150 Å². The number of nitrogens with zero attached hydrogens (tertiary/aromatic N) is 3. The third-order valence-electron chi connectivity index (χ3n) is 3.73. The largest absolute Gasteiger partial charge is 0.361 e. The molecule has 0 aliphatic rings. The van der Waals surface area contributed by atoms with Crippen molar-refractivity contribution in [3.8, 4) is 0 Å². The number of carbonyl (C=O) groups is 1. The Balaban J connectivity index is 1.69. The zero-order valence-electron chi connectivity index (χ0n) is 14.0. The van der Waals surface area contributed by atoms with E-state index in [0.29, 0.717) is 22.9 Å². The Morgan fingerprint density at radius 1 is 1.24 bits per heavy atom. The van der Waals surface area contributed by atoms with Crippen LogP contribution in [0.4, 0.5) is 0 Å². The minimum atomic E-state index is -0.154. The molecule has 0 aliphatic carbocycles. The van der Waals surface area contributed by atoms with Crippen LogP contribution < -0.4 is 5.32 Å². The Bertz CT molecular complexity index is 845. The van der Waals surface area contributed by atoms with Crippen molar-refractivity contribution in [2.45, 2.75) is 31.2 Å². The summed E-state index contributed by atoms with van der Waals surface area (Å²) >= 11 is 1.50. The SMILES string of the molecule is Cc1noc(C)c1CSc1ncccc1C(=O)NCc1cccnc1. The van der Waals surface area contributed by atoms with Crippen molar-refractivity contribution >= 4 is 17.7 Å². The van der Waals surface area contributed by atoms with E-state index in [4.69, 9.17) is 4.52 Å². The first-order valence-corrected chi connectivity index (χ1v) is 8.80. The molecule has 0 spiro atoms. The first-order valence-electron chi connectivity index (χ1n) is 7.82. The number of pyridine rings is 2. The molecule has 3 aromatic rings. The van der Waals surface area contributed by atoms with Gasteiger partial charge in [0.1, 0.15) is 10.8 Å². The molecule has 0 bridgehead atoms. The molecule has 0 fully saturated rings. The molecule has 0 aliphatic heterocycles. The number of thioether (sulfide) groups is 1. The van der Waals surface area contributed by atoms with Crippen LogP contribution in [0.2, 0.25) is 0 Å². The van der Waals surface area contributed by atoms with Crippen LogP contribution in [0.15, 0.2) is 52.4 Å². The first kappa shape index (κ1) is 17.2. The summed E-state index contributed by atoms with van der Waals surface area (Å²) < 4.78 is 5.18. The van der Waals surface area contributed by atoms with Gasteiger partial charge in [-0.25, -0.2) is 4.98 Å². The van der Waals surface area contributed by atoms with Gasteiger partial charge < -0.3 is 9.84 Å². The van der Waals surface area contributed by atoms with Crippen LogP contribution in [0.3, 0.4) is 0 Å². The summed E-state index contributed by atoms with van der Waals surface area (Å²) in [6.07, 6.45) is 5.13. The van der Waals surface area contributed by atoms with Crippen LogP contribution >= 0.6 is 11.8 Å². The molecule has 0 radical (unpaired) electrons. The molecule has 6 nitrogen and oxygen atoms in total. The molecule has 25 heavy (non-hydrogen) atoms. The van der Waals surface area contributed by atoms with Crippen molar-refractivity contribution in [3.63, 3.8) is 0 Å². The lowest BCUT2D eigenvalue weighted by molar-refractivity contribution is 0.0947. The molecule has 1 N–H and O–H groups in total. The second-order valence-corrected chi connectivity index (χ2v) is 6.46. The van der Waals surface area contributed by atoms with Crippen molar-refractivity contribution in [1.82, 2.24) is 20.4 Å². The lowest BCUT2D eigenvalue weighted by atomic mass is 10.2. The molecule has 1 amide bonds. The number of hydrogen-bond acceptors (Lipinski definition) is 6. The summed E-state index contributed by atoms with van der Waals surface area (Å²) in [6, 6.07) is 7.31. The van der Waals surface area contributed by atoms with Crippen LogP contribution in [0, 0.1) is 13.8 Å². The van der Waals surface area contributed by atoms with Crippen LogP contribution in [0.25, 0.3) is 0 Å². The van der Waals surface area contributed by atoms with E-state index < -0.39 is 0 Å². The first-order chi connectivity index (χ1) is 12.1. The molecule has 3 rings (SSSR count). The topological polar surface area (TPSA) is 80.9 Å². The summed E-state index contributed by atoms with van der Waals surface area (Å²) in [5.74, 6) is 1.29. The molecular formula is C18H18N4O2S. The van der Waals surface area contributed by atoms with Crippen LogP contribution in [0.5, 0.6) is 0 Å². The van der Waals surface area contributed by atoms with Gasteiger partial charge >= 0.3 is 0 Å². The maximum absolute atomic E-state index is 12.5. The number of hydrogen-bond donors (Lipinski definition) is 1. The average Bonchev–Trinajstić information content (AvgIpc) is 2.97. The molecule has 3 heterocycles. The summed E-state index contributed by atoms with van der Waals surface area (Å²) in [4.78, 5) is 20.9. The van der Waals surface area contributed by atoms with Gasteiger partial charge in [-0.05, 0) is 37.6 Å². The highest BCUT2D eigenvalue weighted by Gasteiger charge is 2.15. The Kier molecular flexibility index (Phi) is 5.45. The third kappa shape index (κ3) is 4.24. The standard InChI is InChI=1S/C18H18N4O2S/c1-12-16(13(2)24-22-12)11-25-18-15(6-4-8-20-18)17(23)21-10-14-5-3-7-19-9-14/h3-9H,10-11H2,1-2H3,(H,21,23). The van der Waals surface area contributed by atoms with Gasteiger partial charge in [-0.15, -0.1) is 11.8 Å². The van der Waals surface area contributed by atoms with Crippen molar-refractivity contribution in [2.75, 3.05) is 0 Å². The summed E-state index contributed by atoms with van der Waals surface area (Å²) in [7, 11) is 0. The second-order valence-electron chi connectivity index (χ2n) is 5.49. The van der Waals surface area contributed by atoms with E-state index in [-0.39, 0.29) is 5.91 Å². The second kappa shape index (κ2) is 7.94. The van der Waals surface area contributed by atoms with E-state index in [2.05, 4.69) is 20.4 Å². The lowest BCUT2D eigenvalue weighted by Gasteiger charge is -2.09. The summed E-state index contributed by atoms with van der Waals surface area (Å²) in [5, 5.41) is 7.55. The predicted octanol–water partition coefficient (Wildman–Crippen LogP) is 3.30. The Morgan fingerprint density at radius 3 is 2.80 bits per heavy atom. The van der Waals surface area contributed by atoms with Crippen molar-refractivity contribution in [3.05, 3.63) is 71.0 Å². The molecular weight excluding hydrogens is 336 g/mol. The molecule has 7 heteroatoms. The van der Waals surface area contributed by atoms with Gasteiger partial charge in [0, 0.05) is 36.5 Å². The number of rotatable bonds is 6. The van der Waals surface area contributed by atoms with E-state index in [0.717, 1.165) is 22.6 Å². The highest BCUT2D eigenvalue weighted by Crippen LogP contribution is 2.27. The van der Waals surface area contributed by atoms with E-state index in [9.17, 15) is 4.79 Å². The quantitative estimate of drug-likeness (QED) is 0.684. The lowest BCUT2D eigenvalue weighted by Crippen LogP contribution is -2.23. The van der Waals surface area contributed by atoms with Crippen LogP contribution in [0.1, 0.15) is 32.9 Å². The highest BCUT2D eigenvalue weighted by atomic mass is 32.2. The van der Waals surface area contributed by atoms with E-state index in [1.807, 2.05) is 26.0 Å². The van der Waals surface area contributed by atoms with E-state index >= 15 is 0 Å². The van der Waals surface area contributed by atoms with Gasteiger partial charge in [0.15, 0.2) is 0 Å². The minimum Gasteiger partial charge on any atom is -0.361 e. The average molecular weight is 354 g/mol. The number of aryl methyl sites for hydroxylation is 2. The number of aromatic nitrogens is 3. The van der Waals surface area contributed by atoms with E-state index in [1.165, 1.54) is 11.8 Å². The fraction of sp³-hybridized carbons (Fsp3) is 0.222. The third-order valence-corrected chi connectivity index (χ3v) is 4.76. The predicted molar refractivity (Wildman–Crippen MR) is 95.2 cm³/mol. The van der Waals surface area contributed by atoms with Gasteiger partial charge in [0.25, 0.3) is 5.91 Å². The van der Waals surface area contributed by atoms with Crippen LogP contribution in [-0.4, -0.2) is 21.0 Å². The summed E-state index contributed by atoms with van der Waals surface area (Å²) in [6.45, 7) is 4.22. The fourth-order valence-electron chi connectivity index (χ4n) is 2.31. The van der Waals surface area contributed by atoms with Gasteiger partial charge in [-0.1, -0.05) is 11.2 Å². The number of amides is 1. The Hall–Kier alpha value is -2.67. The molecule has 0 saturated carbocycles. The number of nitrogens with one attached hydrogen (secondary N) is 1. The molecule has 0 unspecified atom stereocenters. The maximum Gasteiger partial charge on any atom is 0.254 e. The maximum atomic E-state index is 12.5. The van der Waals surface area contributed by atoms with E-state index in [1.54, 1.807) is 30.7 Å². The molecule has 0 atom stereocenters. The van der Waals surface area contributed by atoms with Gasteiger partial charge in [0.2, 0.25) is 0 Å². The highest BCUT2D eigenvalue weighted by molar-refractivity contribution is 7.98. The van der Waals surface area contributed by atoms with Crippen LogP contribution in [-0.2, 0) is 12.3 Å². The molecule has 0 saturated heterocycles. The Morgan fingerprint density at radius 2 is 2.08 bits per heavy atom. The van der Waals surface area contributed by atoms with Gasteiger partial charge in [-0.3, -0.25) is 9.78 Å². The summed E-state index contributed by atoms with van der Waals surface area (Å²) in [5.41, 5.74) is 3.41. The van der Waals surface area contributed by atoms with Crippen molar-refractivity contribution in [1.29, 1.82) is 0 Å². The monoisotopic (exact) mass is 354 g/mol. The molecule has 0 aromatic carbocycles.